The van der Waals surface area contributed by atoms with Gasteiger partial charge in [0.2, 0.25) is 5.91 Å². The number of aromatic amines is 1. The van der Waals surface area contributed by atoms with E-state index in [9.17, 15) is 14.3 Å². The van der Waals surface area contributed by atoms with Crippen LogP contribution in [0.3, 0.4) is 0 Å². The van der Waals surface area contributed by atoms with Crippen LogP contribution in [0.1, 0.15) is 57.4 Å². The van der Waals surface area contributed by atoms with Crippen LogP contribution < -0.4 is 0 Å². The lowest BCUT2D eigenvalue weighted by Crippen LogP contribution is -2.67. The Bertz CT molecular complexity index is 809. The Morgan fingerprint density at radius 3 is 2.92 bits per heavy atom. The van der Waals surface area contributed by atoms with Crippen molar-refractivity contribution >= 4 is 16.8 Å². The summed E-state index contributed by atoms with van der Waals surface area (Å²) >= 11 is 0. The van der Waals surface area contributed by atoms with E-state index in [2.05, 4.69) is 11.9 Å². The van der Waals surface area contributed by atoms with Gasteiger partial charge >= 0.3 is 0 Å². The number of aromatic nitrogens is 1. The molecule has 2 saturated heterocycles. The molecule has 5 heteroatoms. The van der Waals surface area contributed by atoms with Gasteiger partial charge in [-0.3, -0.25) is 4.79 Å². The topological polar surface area (TPSA) is 56.3 Å². The molecule has 134 valence electrons. The van der Waals surface area contributed by atoms with Gasteiger partial charge < -0.3 is 15.0 Å². The van der Waals surface area contributed by atoms with Crippen LogP contribution in [-0.4, -0.2) is 38.6 Å². The molecule has 3 aliphatic rings. The summed E-state index contributed by atoms with van der Waals surface area (Å²) in [5, 5.41) is 11.2. The SMILES string of the molecule is CCC1CC2(O)CC(C2)N1C(=O)CC(C)c1c[nH]c2ccc(F)cc12. The molecule has 1 amide bonds. The van der Waals surface area contributed by atoms with Crippen molar-refractivity contribution < 1.29 is 14.3 Å². The first-order valence-corrected chi connectivity index (χ1v) is 9.20. The molecule has 2 N–H and O–H groups in total. The van der Waals surface area contributed by atoms with Crippen molar-refractivity contribution in [2.45, 2.75) is 69.6 Å². The maximum absolute atomic E-state index is 13.6. The van der Waals surface area contributed by atoms with Gasteiger partial charge in [-0.2, -0.15) is 0 Å². The fraction of sp³-hybridized carbons (Fsp3) is 0.550. The van der Waals surface area contributed by atoms with Crippen LogP contribution in [0.4, 0.5) is 4.39 Å². The second kappa shape index (κ2) is 5.84. The van der Waals surface area contributed by atoms with Gasteiger partial charge in [0.1, 0.15) is 5.82 Å². The van der Waals surface area contributed by atoms with Crippen LogP contribution in [0.15, 0.2) is 24.4 Å². The molecule has 1 aromatic heterocycles. The first-order chi connectivity index (χ1) is 11.9. The summed E-state index contributed by atoms with van der Waals surface area (Å²) in [6.45, 7) is 4.10. The van der Waals surface area contributed by atoms with Gasteiger partial charge in [0, 0.05) is 35.6 Å². The molecular formula is C20H25FN2O2. The Labute approximate surface area is 147 Å². The Hall–Kier alpha value is -1.88. The summed E-state index contributed by atoms with van der Waals surface area (Å²) in [6.07, 6.45) is 5.28. The van der Waals surface area contributed by atoms with Gasteiger partial charge in [-0.25, -0.2) is 4.39 Å². The fourth-order valence-corrected chi connectivity index (χ4v) is 4.76. The molecule has 1 aromatic carbocycles. The fourth-order valence-electron chi connectivity index (χ4n) is 4.76. The van der Waals surface area contributed by atoms with Crippen LogP contribution in [-0.2, 0) is 4.79 Å². The standard InChI is InChI=1S/C20H25FN2O2/c1-3-14-8-20(25)9-15(10-20)23(14)19(24)6-12(2)17-11-22-18-5-4-13(21)7-16(17)18/h4-5,7,11-12,14-15,22,25H,3,6,8-10H2,1-2H3. The number of carbonyl (C=O) groups excluding carboxylic acids is 1. The molecule has 3 fully saturated rings. The number of H-pyrrole nitrogens is 1. The summed E-state index contributed by atoms with van der Waals surface area (Å²) in [7, 11) is 0. The molecule has 2 bridgehead atoms. The first kappa shape index (κ1) is 16.6. The Morgan fingerprint density at radius 1 is 1.44 bits per heavy atom. The minimum absolute atomic E-state index is 0.0152. The third-order valence-electron chi connectivity index (χ3n) is 6.08. The molecule has 1 aliphatic carbocycles. The average Bonchev–Trinajstić information content (AvgIpc) is 2.96. The van der Waals surface area contributed by atoms with Crippen LogP contribution >= 0.6 is 0 Å². The predicted molar refractivity (Wildman–Crippen MR) is 94.8 cm³/mol. The lowest BCUT2D eigenvalue weighted by molar-refractivity contribution is -0.178. The van der Waals surface area contributed by atoms with Gasteiger partial charge in [-0.1, -0.05) is 13.8 Å². The van der Waals surface area contributed by atoms with Crippen molar-refractivity contribution in [3.05, 3.63) is 35.8 Å². The molecular weight excluding hydrogens is 319 g/mol. The Balaban J connectivity index is 1.52. The first-order valence-electron chi connectivity index (χ1n) is 9.20. The average molecular weight is 344 g/mol. The number of benzene rings is 1. The van der Waals surface area contributed by atoms with Crippen molar-refractivity contribution in [2.24, 2.45) is 0 Å². The number of piperidine rings is 2. The molecule has 2 unspecified atom stereocenters. The molecule has 0 radical (unpaired) electrons. The summed E-state index contributed by atoms with van der Waals surface area (Å²) in [4.78, 5) is 18.2. The van der Waals surface area contributed by atoms with Gasteiger partial charge in [0.25, 0.3) is 0 Å². The second-order valence-corrected chi connectivity index (χ2v) is 7.89. The minimum Gasteiger partial charge on any atom is -0.390 e. The number of aliphatic hydroxyl groups is 1. The second-order valence-electron chi connectivity index (χ2n) is 7.89. The molecule has 3 heterocycles. The molecule has 5 rings (SSSR count). The predicted octanol–water partition coefficient (Wildman–Crippen LogP) is 3.71. The largest absolute Gasteiger partial charge is 0.390 e. The van der Waals surface area contributed by atoms with E-state index in [0.29, 0.717) is 25.7 Å². The van der Waals surface area contributed by atoms with Crippen molar-refractivity contribution in [1.29, 1.82) is 0 Å². The highest BCUT2D eigenvalue weighted by Crippen LogP contribution is 2.47. The molecule has 1 saturated carbocycles. The van der Waals surface area contributed by atoms with Gasteiger partial charge in [0.05, 0.1) is 5.60 Å². The van der Waals surface area contributed by atoms with Crippen molar-refractivity contribution in [1.82, 2.24) is 9.88 Å². The zero-order valence-corrected chi connectivity index (χ0v) is 14.8. The summed E-state index contributed by atoms with van der Waals surface area (Å²) in [5.41, 5.74) is 1.34. The molecule has 4 nitrogen and oxygen atoms in total. The summed E-state index contributed by atoms with van der Waals surface area (Å²) in [5.74, 6) is -0.0963. The monoisotopic (exact) mass is 344 g/mol. The van der Waals surface area contributed by atoms with E-state index in [-0.39, 0.29) is 29.7 Å². The van der Waals surface area contributed by atoms with E-state index in [0.717, 1.165) is 22.9 Å². The van der Waals surface area contributed by atoms with Gasteiger partial charge in [0.15, 0.2) is 0 Å². The highest BCUT2D eigenvalue weighted by molar-refractivity contribution is 5.85. The van der Waals surface area contributed by atoms with Crippen LogP contribution in [0.2, 0.25) is 0 Å². The number of nitrogens with zero attached hydrogens (tertiary/aromatic N) is 1. The van der Waals surface area contributed by atoms with E-state index in [1.807, 2.05) is 18.0 Å². The van der Waals surface area contributed by atoms with Crippen molar-refractivity contribution in [3.8, 4) is 0 Å². The van der Waals surface area contributed by atoms with Gasteiger partial charge in [-0.05, 0) is 55.4 Å². The maximum atomic E-state index is 13.6. The smallest absolute Gasteiger partial charge is 0.223 e. The lowest BCUT2D eigenvalue weighted by Gasteiger charge is -2.58. The van der Waals surface area contributed by atoms with E-state index in [4.69, 9.17) is 0 Å². The molecule has 2 aromatic rings. The number of nitrogens with one attached hydrogen (secondary N) is 1. The van der Waals surface area contributed by atoms with E-state index in [1.165, 1.54) is 12.1 Å². The number of rotatable bonds is 4. The van der Waals surface area contributed by atoms with Crippen LogP contribution in [0.5, 0.6) is 0 Å². The van der Waals surface area contributed by atoms with Gasteiger partial charge in [-0.15, -0.1) is 0 Å². The molecule has 2 atom stereocenters. The number of fused-ring (bicyclic) bond motifs is 3. The number of hydrogen-bond acceptors (Lipinski definition) is 2. The highest BCUT2D eigenvalue weighted by atomic mass is 19.1. The lowest BCUT2D eigenvalue weighted by atomic mass is 9.66. The third-order valence-corrected chi connectivity index (χ3v) is 6.08. The normalized spacial score (nSPS) is 29.5. The quantitative estimate of drug-likeness (QED) is 0.888. The zero-order chi connectivity index (χ0) is 17.8. The van der Waals surface area contributed by atoms with Crippen molar-refractivity contribution in [2.75, 3.05) is 0 Å². The molecule has 2 aliphatic heterocycles. The van der Waals surface area contributed by atoms with E-state index in [1.54, 1.807) is 6.07 Å². The number of hydrogen-bond donors (Lipinski definition) is 2. The number of carbonyl (C=O) groups is 1. The Morgan fingerprint density at radius 2 is 2.20 bits per heavy atom. The third kappa shape index (κ3) is 2.74. The molecule has 0 spiro atoms. The van der Waals surface area contributed by atoms with E-state index < -0.39 is 5.60 Å². The summed E-state index contributed by atoms with van der Waals surface area (Å²) in [6, 6.07) is 5.02. The van der Waals surface area contributed by atoms with E-state index >= 15 is 0 Å². The number of amides is 1. The van der Waals surface area contributed by atoms with Crippen LogP contribution in [0, 0.1) is 5.82 Å². The Kier molecular flexibility index (Phi) is 3.87. The minimum atomic E-state index is -0.540. The zero-order valence-electron chi connectivity index (χ0n) is 14.8. The number of halogens is 1. The van der Waals surface area contributed by atoms with Crippen molar-refractivity contribution in [3.63, 3.8) is 0 Å². The van der Waals surface area contributed by atoms with Crippen LogP contribution in [0.25, 0.3) is 10.9 Å². The summed E-state index contributed by atoms with van der Waals surface area (Å²) < 4.78 is 13.6. The highest BCUT2D eigenvalue weighted by Gasteiger charge is 2.54. The maximum Gasteiger partial charge on any atom is 0.223 e. The molecule has 25 heavy (non-hydrogen) atoms.